The van der Waals surface area contributed by atoms with Gasteiger partial charge in [0, 0.05) is 5.56 Å². The van der Waals surface area contributed by atoms with Crippen molar-refractivity contribution in [3.05, 3.63) is 59.7 Å². The lowest BCUT2D eigenvalue weighted by Gasteiger charge is -2.05. The van der Waals surface area contributed by atoms with E-state index in [1.54, 1.807) is 6.21 Å². The first kappa shape index (κ1) is 13.6. The fourth-order valence-electron chi connectivity index (χ4n) is 1.59. The predicted molar refractivity (Wildman–Crippen MR) is 76.2 cm³/mol. The molecule has 102 valence electrons. The molecule has 5 heteroatoms. The molecule has 2 rings (SSSR count). The van der Waals surface area contributed by atoms with Crippen LogP contribution >= 0.6 is 0 Å². The summed E-state index contributed by atoms with van der Waals surface area (Å²) in [6.07, 6.45) is 1.55. The van der Waals surface area contributed by atoms with Crippen molar-refractivity contribution in [3.63, 3.8) is 0 Å². The molecule has 0 atom stereocenters. The highest BCUT2D eigenvalue weighted by Gasteiger charge is 2.08. The summed E-state index contributed by atoms with van der Waals surface area (Å²) in [7, 11) is 1.42. The number of rotatable bonds is 4. The van der Waals surface area contributed by atoms with Crippen molar-refractivity contribution in [3.8, 4) is 11.5 Å². The molecule has 2 aromatic rings. The molecule has 0 radical (unpaired) electrons. The van der Waals surface area contributed by atoms with E-state index in [-0.39, 0.29) is 17.4 Å². The van der Waals surface area contributed by atoms with Gasteiger partial charge >= 0.3 is 0 Å². The molecule has 20 heavy (non-hydrogen) atoms. The summed E-state index contributed by atoms with van der Waals surface area (Å²) in [4.78, 5) is 11.9. The monoisotopic (exact) mass is 270 g/mol. The van der Waals surface area contributed by atoms with Gasteiger partial charge in [0.25, 0.3) is 5.91 Å². The SMILES string of the molecule is COc1cc(C(=O)NN=Cc2ccccc2)ccc1O. The van der Waals surface area contributed by atoms with E-state index in [1.165, 1.54) is 25.3 Å². The summed E-state index contributed by atoms with van der Waals surface area (Å²) in [6, 6.07) is 13.8. The maximum absolute atomic E-state index is 11.9. The van der Waals surface area contributed by atoms with Gasteiger partial charge in [-0.15, -0.1) is 0 Å². The van der Waals surface area contributed by atoms with Crippen LogP contribution in [0.25, 0.3) is 0 Å². The van der Waals surface area contributed by atoms with Gasteiger partial charge in [0.1, 0.15) is 0 Å². The molecule has 0 unspecified atom stereocenters. The third kappa shape index (κ3) is 3.35. The van der Waals surface area contributed by atoms with Gasteiger partial charge in [-0.25, -0.2) is 5.43 Å². The fourth-order valence-corrected chi connectivity index (χ4v) is 1.59. The van der Waals surface area contributed by atoms with Gasteiger partial charge in [-0.2, -0.15) is 5.10 Å². The summed E-state index contributed by atoms with van der Waals surface area (Å²) in [5.74, 6) is -0.156. The molecule has 0 heterocycles. The average Bonchev–Trinajstić information content (AvgIpc) is 2.48. The molecule has 2 aromatic carbocycles. The number of carbonyl (C=O) groups is 1. The van der Waals surface area contributed by atoms with Crippen LogP contribution < -0.4 is 10.2 Å². The first-order valence-corrected chi connectivity index (χ1v) is 5.96. The van der Waals surface area contributed by atoms with E-state index in [1.807, 2.05) is 30.3 Å². The van der Waals surface area contributed by atoms with Gasteiger partial charge in [0.05, 0.1) is 13.3 Å². The Bertz CT molecular complexity index is 624. The molecule has 0 saturated heterocycles. The van der Waals surface area contributed by atoms with Crippen LogP contribution in [0.3, 0.4) is 0 Å². The maximum Gasteiger partial charge on any atom is 0.271 e. The first-order chi connectivity index (χ1) is 9.70. The molecule has 1 amide bonds. The zero-order chi connectivity index (χ0) is 14.4. The Morgan fingerprint density at radius 2 is 2.00 bits per heavy atom. The van der Waals surface area contributed by atoms with Crippen LogP contribution in [0.4, 0.5) is 0 Å². The van der Waals surface area contributed by atoms with Gasteiger partial charge in [0.15, 0.2) is 11.5 Å². The highest BCUT2D eigenvalue weighted by molar-refractivity contribution is 5.95. The Morgan fingerprint density at radius 3 is 2.70 bits per heavy atom. The zero-order valence-corrected chi connectivity index (χ0v) is 10.9. The summed E-state index contributed by atoms with van der Waals surface area (Å²) in [5, 5.41) is 13.3. The highest BCUT2D eigenvalue weighted by Crippen LogP contribution is 2.26. The van der Waals surface area contributed by atoms with Crippen LogP contribution in [-0.4, -0.2) is 24.3 Å². The van der Waals surface area contributed by atoms with Crippen molar-refractivity contribution in [1.29, 1.82) is 0 Å². The number of nitrogens with zero attached hydrogens (tertiary/aromatic N) is 1. The summed E-state index contributed by atoms with van der Waals surface area (Å²) < 4.78 is 4.94. The molecule has 0 fully saturated rings. The number of amides is 1. The van der Waals surface area contributed by atoms with Crippen molar-refractivity contribution in [1.82, 2.24) is 5.43 Å². The van der Waals surface area contributed by atoms with Gasteiger partial charge < -0.3 is 9.84 Å². The Hall–Kier alpha value is -2.82. The van der Waals surface area contributed by atoms with Crippen molar-refractivity contribution >= 4 is 12.1 Å². The lowest BCUT2D eigenvalue weighted by atomic mass is 10.2. The molecular weight excluding hydrogens is 256 g/mol. The average molecular weight is 270 g/mol. The summed E-state index contributed by atoms with van der Waals surface area (Å²) >= 11 is 0. The number of phenols is 1. The minimum atomic E-state index is -0.379. The normalized spacial score (nSPS) is 10.4. The van der Waals surface area contributed by atoms with E-state index in [9.17, 15) is 9.90 Å². The molecule has 0 bridgehead atoms. The van der Waals surface area contributed by atoms with E-state index < -0.39 is 0 Å². The maximum atomic E-state index is 11.9. The second-order valence-corrected chi connectivity index (χ2v) is 4.00. The van der Waals surface area contributed by atoms with Crippen molar-refractivity contribution in [2.45, 2.75) is 0 Å². The second kappa shape index (κ2) is 6.38. The van der Waals surface area contributed by atoms with Crippen LogP contribution in [-0.2, 0) is 0 Å². The first-order valence-electron chi connectivity index (χ1n) is 5.96. The number of phenolic OH excluding ortho intramolecular Hbond substituents is 1. The number of hydrazone groups is 1. The molecule has 2 N–H and O–H groups in total. The molecule has 0 aliphatic rings. The fraction of sp³-hybridized carbons (Fsp3) is 0.0667. The molecular formula is C15H14N2O3. The molecule has 0 spiro atoms. The molecule has 0 aromatic heterocycles. The van der Waals surface area contributed by atoms with Crippen LogP contribution in [0.1, 0.15) is 15.9 Å². The number of ether oxygens (including phenoxy) is 1. The van der Waals surface area contributed by atoms with E-state index >= 15 is 0 Å². The van der Waals surface area contributed by atoms with Gasteiger partial charge in [-0.3, -0.25) is 4.79 Å². The van der Waals surface area contributed by atoms with Crippen molar-refractivity contribution < 1.29 is 14.6 Å². The minimum absolute atomic E-state index is 0.0168. The third-order valence-corrected chi connectivity index (χ3v) is 2.62. The quantitative estimate of drug-likeness (QED) is 0.660. The number of nitrogens with one attached hydrogen (secondary N) is 1. The molecule has 0 aliphatic carbocycles. The van der Waals surface area contributed by atoms with E-state index in [0.29, 0.717) is 5.56 Å². The van der Waals surface area contributed by atoms with E-state index in [4.69, 9.17) is 4.74 Å². The molecule has 0 aliphatic heterocycles. The second-order valence-electron chi connectivity index (χ2n) is 4.00. The number of benzene rings is 2. The number of carbonyl (C=O) groups excluding carboxylic acids is 1. The van der Waals surface area contributed by atoms with Crippen LogP contribution in [0, 0.1) is 0 Å². The number of hydrogen-bond acceptors (Lipinski definition) is 4. The largest absolute Gasteiger partial charge is 0.504 e. The topological polar surface area (TPSA) is 70.9 Å². The van der Waals surface area contributed by atoms with E-state index in [2.05, 4.69) is 10.5 Å². The Morgan fingerprint density at radius 1 is 1.25 bits per heavy atom. The summed E-state index contributed by atoms with van der Waals surface area (Å²) in [5.41, 5.74) is 3.65. The van der Waals surface area contributed by atoms with Gasteiger partial charge in [0.2, 0.25) is 0 Å². The number of methoxy groups -OCH3 is 1. The predicted octanol–water partition coefficient (Wildman–Crippen LogP) is 2.16. The molecule has 5 nitrogen and oxygen atoms in total. The zero-order valence-electron chi connectivity index (χ0n) is 10.9. The lowest BCUT2D eigenvalue weighted by Crippen LogP contribution is -2.17. The smallest absolute Gasteiger partial charge is 0.271 e. The van der Waals surface area contributed by atoms with Crippen molar-refractivity contribution in [2.75, 3.05) is 7.11 Å². The van der Waals surface area contributed by atoms with Gasteiger partial charge in [-0.05, 0) is 23.8 Å². The van der Waals surface area contributed by atoms with Crippen molar-refractivity contribution in [2.24, 2.45) is 5.10 Å². The standard InChI is InChI=1S/C15H14N2O3/c1-20-14-9-12(7-8-13(14)18)15(19)17-16-10-11-5-3-2-4-6-11/h2-10,18H,1H3,(H,17,19). The van der Waals surface area contributed by atoms with E-state index in [0.717, 1.165) is 5.56 Å². The Kier molecular flexibility index (Phi) is 4.34. The molecule has 0 saturated carbocycles. The van der Waals surface area contributed by atoms with Gasteiger partial charge in [-0.1, -0.05) is 30.3 Å². The Balaban J connectivity index is 2.04. The number of aromatic hydroxyl groups is 1. The lowest BCUT2D eigenvalue weighted by molar-refractivity contribution is 0.0955. The summed E-state index contributed by atoms with van der Waals surface area (Å²) in [6.45, 7) is 0. The van der Waals surface area contributed by atoms with Crippen LogP contribution in [0.5, 0.6) is 11.5 Å². The minimum Gasteiger partial charge on any atom is -0.504 e. The van der Waals surface area contributed by atoms with Crippen LogP contribution in [0.2, 0.25) is 0 Å². The highest BCUT2D eigenvalue weighted by atomic mass is 16.5. The third-order valence-electron chi connectivity index (χ3n) is 2.62. The number of hydrogen-bond donors (Lipinski definition) is 2. The Labute approximate surface area is 116 Å². The van der Waals surface area contributed by atoms with Crippen LogP contribution in [0.15, 0.2) is 53.6 Å².